The van der Waals surface area contributed by atoms with E-state index in [2.05, 4.69) is 13.8 Å². The normalized spacial score (nSPS) is 14.1. The molecule has 0 atom stereocenters. The monoisotopic (exact) mass is 244 g/mol. The van der Waals surface area contributed by atoms with E-state index < -0.39 is 0 Å². The van der Waals surface area contributed by atoms with Gasteiger partial charge < -0.3 is 4.74 Å². The van der Waals surface area contributed by atoms with Gasteiger partial charge in [-0.1, -0.05) is 78.1 Å². The zero-order chi connectivity index (χ0) is 13.2. The molecule has 1 heteroatoms. The van der Waals surface area contributed by atoms with E-state index >= 15 is 0 Å². The summed E-state index contributed by atoms with van der Waals surface area (Å²) in [6, 6.07) is 0. The highest BCUT2D eigenvalue weighted by Crippen LogP contribution is 2.15. The first-order valence-corrected chi connectivity index (χ1v) is 7.91. The fourth-order valence-electron chi connectivity index (χ4n) is 1.76. The lowest BCUT2D eigenvalue weighted by Gasteiger charge is -2.05. The topological polar surface area (TPSA) is 9.23 Å². The maximum absolute atomic E-state index is 4.83. The summed E-state index contributed by atoms with van der Waals surface area (Å²) >= 11 is 0. The van der Waals surface area contributed by atoms with Crippen LogP contribution in [0.3, 0.4) is 0 Å². The van der Waals surface area contributed by atoms with Crippen LogP contribution in [0.15, 0.2) is 0 Å². The molecule has 0 unspecified atom stereocenters. The average Bonchev–Trinajstić information content (AvgIpc) is 2.41. The van der Waals surface area contributed by atoms with Gasteiger partial charge in [-0.25, -0.2) is 0 Å². The van der Waals surface area contributed by atoms with Crippen molar-refractivity contribution < 1.29 is 4.74 Å². The quantitative estimate of drug-likeness (QED) is 0.541. The molecule has 1 fully saturated rings. The van der Waals surface area contributed by atoms with Gasteiger partial charge in [-0.3, -0.25) is 0 Å². The molecule has 1 rings (SSSR count). The Bertz CT molecular complexity index is 80.2. The van der Waals surface area contributed by atoms with Crippen LogP contribution in [0, 0.1) is 0 Å². The standard InChI is InChI=1S/C6H12.C6H14.C4H10O/c1-2-4-6-5-3-1;1-3-5-6-4-2;1-3-5-4-2/h1-6H2;3-6H2,1-2H3;3-4H2,1-2H3. The second kappa shape index (κ2) is 21.3. The number of rotatable bonds is 5. The van der Waals surface area contributed by atoms with Gasteiger partial charge in [-0.2, -0.15) is 0 Å². The van der Waals surface area contributed by atoms with E-state index in [0.717, 1.165) is 13.2 Å². The Kier molecular flexibility index (Phi) is 24.1. The first kappa shape index (κ1) is 19.3. The molecule has 0 radical (unpaired) electrons. The van der Waals surface area contributed by atoms with Crippen LogP contribution in [0.1, 0.15) is 91.9 Å². The Morgan fingerprint density at radius 3 is 1.00 bits per heavy atom. The van der Waals surface area contributed by atoms with Crippen molar-refractivity contribution in [2.45, 2.75) is 91.9 Å². The van der Waals surface area contributed by atoms with Crippen molar-refractivity contribution in [1.82, 2.24) is 0 Å². The van der Waals surface area contributed by atoms with Gasteiger partial charge in [-0.15, -0.1) is 0 Å². The van der Waals surface area contributed by atoms with Crippen LogP contribution in [-0.2, 0) is 4.74 Å². The second-order valence-electron chi connectivity index (χ2n) is 4.61. The SMILES string of the molecule is C1CCCCC1.CCCCCC.CCOCC. The third kappa shape index (κ3) is 25.9. The summed E-state index contributed by atoms with van der Waals surface area (Å²) in [4.78, 5) is 0. The Morgan fingerprint density at radius 1 is 0.588 bits per heavy atom. The lowest BCUT2D eigenvalue weighted by Crippen LogP contribution is -1.85. The molecular weight excluding hydrogens is 208 g/mol. The summed E-state index contributed by atoms with van der Waals surface area (Å²) in [6.07, 6.45) is 14.5. The van der Waals surface area contributed by atoms with Crippen LogP contribution in [0.4, 0.5) is 0 Å². The van der Waals surface area contributed by atoms with Gasteiger partial charge in [0.15, 0.2) is 0 Å². The van der Waals surface area contributed by atoms with Crippen LogP contribution in [0.25, 0.3) is 0 Å². The molecule has 0 N–H and O–H groups in total. The van der Waals surface area contributed by atoms with Crippen molar-refractivity contribution in [3.8, 4) is 0 Å². The molecule has 0 aliphatic heterocycles. The van der Waals surface area contributed by atoms with Crippen molar-refractivity contribution in [1.29, 1.82) is 0 Å². The predicted octanol–water partition coefficient (Wildman–Crippen LogP) is 5.97. The molecule has 1 aliphatic carbocycles. The van der Waals surface area contributed by atoms with E-state index in [1.165, 1.54) is 64.2 Å². The van der Waals surface area contributed by atoms with Crippen molar-refractivity contribution in [3.63, 3.8) is 0 Å². The van der Waals surface area contributed by atoms with Gasteiger partial charge in [0.05, 0.1) is 0 Å². The molecule has 1 saturated carbocycles. The van der Waals surface area contributed by atoms with Crippen molar-refractivity contribution in [2.75, 3.05) is 13.2 Å². The Balaban J connectivity index is 0. The highest BCUT2D eigenvalue weighted by Gasteiger charge is 1.95. The highest BCUT2D eigenvalue weighted by molar-refractivity contribution is 4.51. The van der Waals surface area contributed by atoms with E-state index in [4.69, 9.17) is 4.74 Å². The van der Waals surface area contributed by atoms with E-state index in [-0.39, 0.29) is 0 Å². The lowest BCUT2D eigenvalue weighted by atomic mass is 10.0. The molecule has 0 heterocycles. The summed E-state index contributed by atoms with van der Waals surface area (Å²) < 4.78 is 4.83. The fraction of sp³-hybridized carbons (Fsp3) is 1.00. The Morgan fingerprint density at radius 2 is 0.882 bits per heavy atom. The maximum atomic E-state index is 4.83. The third-order valence-corrected chi connectivity index (χ3v) is 2.87. The summed E-state index contributed by atoms with van der Waals surface area (Å²) in [6.45, 7) is 10.1. The minimum absolute atomic E-state index is 0.844. The highest BCUT2D eigenvalue weighted by atomic mass is 16.5. The molecule has 0 aromatic heterocycles. The zero-order valence-corrected chi connectivity index (χ0v) is 12.9. The third-order valence-electron chi connectivity index (χ3n) is 2.87. The largest absolute Gasteiger partial charge is 0.382 e. The van der Waals surface area contributed by atoms with Crippen LogP contribution in [0.2, 0.25) is 0 Å². The van der Waals surface area contributed by atoms with Gasteiger partial charge in [0.1, 0.15) is 0 Å². The minimum atomic E-state index is 0.844. The van der Waals surface area contributed by atoms with E-state index in [0.29, 0.717) is 0 Å². The molecule has 1 nitrogen and oxygen atoms in total. The number of unbranched alkanes of at least 4 members (excludes halogenated alkanes) is 3. The fourth-order valence-corrected chi connectivity index (χ4v) is 1.76. The van der Waals surface area contributed by atoms with E-state index in [9.17, 15) is 0 Å². The average molecular weight is 244 g/mol. The van der Waals surface area contributed by atoms with Crippen LogP contribution >= 0.6 is 0 Å². The van der Waals surface area contributed by atoms with E-state index in [1.807, 2.05) is 13.8 Å². The van der Waals surface area contributed by atoms with Gasteiger partial charge in [0.25, 0.3) is 0 Å². The summed E-state index contributed by atoms with van der Waals surface area (Å²) in [7, 11) is 0. The second-order valence-corrected chi connectivity index (χ2v) is 4.61. The van der Waals surface area contributed by atoms with Crippen molar-refractivity contribution in [2.24, 2.45) is 0 Å². The first-order chi connectivity index (χ1) is 8.33. The number of hydrogen-bond acceptors (Lipinski definition) is 1. The molecule has 0 saturated heterocycles. The smallest absolute Gasteiger partial charge is 0.0437 e. The molecule has 0 aromatic carbocycles. The van der Waals surface area contributed by atoms with Crippen molar-refractivity contribution in [3.05, 3.63) is 0 Å². The minimum Gasteiger partial charge on any atom is -0.382 e. The molecule has 0 bridgehead atoms. The van der Waals surface area contributed by atoms with Gasteiger partial charge in [0.2, 0.25) is 0 Å². The first-order valence-electron chi connectivity index (χ1n) is 7.91. The number of ether oxygens (including phenoxy) is 1. The molecule has 17 heavy (non-hydrogen) atoms. The van der Waals surface area contributed by atoms with Crippen LogP contribution < -0.4 is 0 Å². The van der Waals surface area contributed by atoms with Crippen LogP contribution in [-0.4, -0.2) is 13.2 Å². The maximum Gasteiger partial charge on any atom is 0.0437 e. The van der Waals surface area contributed by atoms with Crippen LogP contribution in [0.5, 0.6) is 0 Å². The summed E-state index contributed by atoms with van der Waals surface area (Å²) in [5, 5.41) is 0. The summed E-state index contributed by atoms with van der Waals surface area (Å²) in [5.74, 6) is 0. The lowest BCUT2D eigenvalue weighted by molar-refractivity contribution is 0.162. The van der Waals surface area contributed by atoms with E-state index in [1.54, 1.807) is 0 Å². The van der Waals surface area contributed by atoms with Gasteiger partial charge in [0, 0.05) is 13.2 Å². The number of hydrogen-bond donors (Lipinski definition) is 0. The molecule has 0 aromatic rings. The predicted molar refractivity (Wildman–Crippen MR) is 79.7 cm³/mol. The van der Waals surface area contributed by atoms with Crippen molar-refractivity contribution >= 4 is 0 Å². The molecule has 106 valence electrons. The molecule has 0 spiro atoms. The Labute approximate surface area is 110 Å². The van der Waals surface area contributed by atoms with Gasteiger partial charge >= 0.3 is 0 Å². The Hall–Kier alpha value is -0.0400. The molecule has 1 aliphatic rings. The molecular formula is C16H36O. The van der Waals surface area contributed by atoms with Gasteiger partial charge in [-0.05, 0) is 13.8 Å². The molecule has 0 amide bonds. The zero-order valence-electron chi connectivity index (χ0n) is 12.9. The summed E-state index contributed by atoms with van der Waals surface area (Å²) in [5.41, 5.74) is 0.